The number of ether oxygens (including phenoxy) is 2. The van der Waals surface area contributed by atoms with Gasteiger partial charge in [0.1, 0.15) is 0 Å². The molecule has 2 nitrogen and oxygen atoms in total. The molecule has 118 valence electrons. The van der Waals surface area contributed by atoms with Gasteiger partial charge in [0.05, 0.1) is 23.4 Å². The topological polar surface area (TPSA) is 18.5 Å². The average Bonchev–Trinajstić information content (AvgIpc) is 1.91. The largest absolute Gasteiger partial charge is 0.375 e. The van der Waals surface area contributed by atoms with Crippen LogP contribution in [0.4, 0.5) is 0 Å². The summed E-state index contributed by atoms with van der Waals surface area (Å²) in [6, 6.07) is 0. The fourth-order valence-electron chi connectivity index (χ4n) is 1.35. The van der Waals surface area contributed by atoms with Gasteiger partial charge in [0, 0.05) is 0 Å². The molecule has 0 aromatic heterocycles. The molecule has 0 aliphatic heterocycles. The molecule has 0 heterocycles. The molecule has 0 atom stereocenters. The normalized spacial score (nSPS) is 13.9. The van der Waals surface area contributed by atoms with Crippen molar-refractivity contribution in [2.75, 3.05) is 6.61 Å². The van der Waals surface area contributed by atoms with Crippen LogP contribution in [0.15, 0.2) is 0 Å². The highest BCUT2D eigenvalue weighted by atomic mass is 16.5. The Balaban J connectivity index is 0. The van der Waals surface area contributed by atoms with E-state index in [9.17, 15) is 0 Å². The maximum absolute atomic E-state index is 5.62. The summed E-state index contributed by atoms with van der Waals surface area (Å²) in [6.07, 6.45) is 0. The van der Waals surface area contributed by atoms with E-state index in [0.717, 1.165) is 6.61 Å². The van der Waals surface area contributed by atoms with E-state index in [2.05, 4.69) is 83.1 Å². The van der Waals surface area contributed by atoms with Crippen LogP contribution >= 0.6 is 0 Å². The van der Waals surface area contributed by atoms with Gasteiger partial charge in [0.25, 0.3) is 0 Å². The quantitative estimate of drug-likeness (QED) is 0.633. The molecule has 0 amide bonds. The first-order valence-corrected chi connectivity index (χ1v) is 7.25. The van der Waals surface area contributed by atoms with Crippen molar-refractivity contribution in [3.8, 4) is 0 Å². The molecule has 0 bridgehead atoms. The van der Waals surface area contributed by atoms with Gasteiger partial charge in [0.15, 0.2) is 0 Å². The molecule has 0 aromatic carbocycles. The first-order chi connectivity index (χ1) is 7.91. The molecule has 0 N–H and O–H groups in total. The van der Waals surface area contributed by atoms with Crippen LogP contribution in [0.5, 0.6) is 0 Å². The number of rotatable bonds is 1. The fraction of sp³-hybridized carbons (Fsp3) is 1.00. The Kier molecular flexibility index (Phi) is 7.91. The predicted octanol–water partition coefficient (Wildman–Crippen LogP) is 5.45. The first kappa shape index (κ1) is 21.2. The molecule has 0 aliphatic rings. The summed E-state index contributed by atoms with van der Waals surface area (Å²) in [6.45, 7) is 26.0. The van der Waals surface area contributed by atoms with Crippen LogP contribution in [-0.2, 0) is 9.47 Å². The zero-order valence-electron chi connectivity index (χ0n) is 15.5. The zero-order valence-corrected chi connectivity index (χ0v) is 15.5. The summed E-state index contributed by atoms with van der Waals surface area (Å²) >= 11 is 0. The highest BCUT2D eigenvalue weighted by Gasteiger charge is 2.20. The average molecular weight is 274 g/mol. The van der Waals surface area contributed by atoms with Crippen molar-refractivity contribution in [2.24, 2.45) is 5.41 Å². The number of hydrogen-bond donors (Lipinski definition) is 0. The smallest absolute Gasteiger partial charge is 0.0605 e. The molecule has 0 unspecified atom stereocenters. The van der Waals surface area contributed by atoms with Crippen LogP contribution in [0.3, 0.4) is 0 Å². The lowest BCUT2D eigenvalue weighted by molar-refractivity contribution is -0.102. The van der Waals surface area contributed by atoms with Gasteiger partial charge in [-0.25, -0.2) is 0 Å². The predicted molar refractivity (Wildman–Crippen MR) is 85.8 cm³/mol. The summed E-state index contributed by atoms with van der Waals surface area (Å²) < 4.78 is 11.2. The monoisotopic (exact) mass is 274 g/mol. The molecule has 2 heteroatoms. The Morgan fingerprint density at radius 1 is 0.526 bits per heavy atom. The maximum Gasteiger partial charge on any atom is 0.0605 e. The van der Waals surface area contributed by atoms with Gasteiger partial charge >= 0.3 is 0 Å². The summed E-state index contributed by atoms with van der Waals surface area (Å²) in [4.78, 5) is 0. The van der Waals surface area contributed by atoms with Crippen molar-refractivity contribution in [3.05, 3.63) is 0 Å². The van der Waals surface area contributed by atoms with Crippen LogP contribution in [0.1, 0.15) is 83.1 Å². The molecular weight excluding hydrogens is 236 g/mol. The summed E-state index contributed by atoms with van der Waals surface area (Å²) in [5.74, 6) is 0. The lowest BCUT2D eigenvalue weighted by Crippen LogP contribution is -2.31. The molecule has 0 radical (unpaired) electrons. The van der Waals surface area contributed by atoms with Gasteiger partial charge in [-0.15, -0.1) is 0 Å². The van der Waals surface area contributed by atoms with Crippen LogP contribution in [0.25, 0.3) is 0 Å². The SMILES string of the molecule is CC(C)(C)COC(C)(C)C.CC(C)(C)OC(C)(C)C. The minimum Gasteiger partial charge on any atom is -0.375 e. The number of hydrogen-bond acceptors (Lipinski definition) is 2. The zero-order chi connectivity index (χ0) is 16.1. The molecular formula is C17H38O2. The van der Waals surface area contributed by atoms with Crippen molar-refractivity contribution in [3.63, 3.8) is 0 Å². The van der Waals surface area contributed by atoms with Gasteiger partial charge in [-0.3, -0.25) is 0 Å². The molecule has 0 aromatic rings. The molecule has 0 saturated carbocycles. The van der Waals surface area contributed by atoms with Gasteiger partial charge < -0.3 is 9.47 Å². The third-order valence-corrected chi connectivity index (χ3v) is 1.55. The lowest BCUT2D eigenvalue weighted by Gasteiger charge is -2.30. The van der Waals surface area contributed by atoms with Gasteiger partial charge in [0.2, 0.25) is 0 Å². The molecule has 19 heavy (non-hydrogen) atoms. The summed E-state index contributed by atoms with van der Waals surface area (Å²) in [7, 11) is 0. The van der Waals surface area contributed by atoms with Crippen molar-refractivity contribution >= 4 is 0 Å². The van der Waals surface area contributed by atoms with E-state index in [4.69, 9.17) is 9.47 Å². The van der Waals surface area contributed by atoms with E-state index >= 15 is 0 Å². The third kappa shape index (κ3) is 27.2. The Labute approximate surface area is 122 Å². The maximum atomic E-state index is 5.62. The van der Waals surface area contributed by atoms with Crippen LogP contribution < -0.4 is 0 Å². The third-order valence-electron chi connectivity index (χ3n) is 1.55. The highest BCUT2D eigenvalue weighted by molar-refractivity contribution is 4.68. The Bertz CT molecular complexity index is 202. The minimum atomic E-state index is -0.0156. The van der Waals surface area contributed by atoms with E-state index in [1.807, 2.05) is 0 Å². The molecule has 0 fully saturated rings. The van der Waals surface area contributed by atoms with Crippen LogP contribution in [0.2, 0.25) is 0 Å². The van der Waals surface area contributed by atoms with Crippen molar-refractivity contribution in [2.45, 2.75) is 99.9 Å². The minimum absolute atomic E-state index is 0.00722. The second-order valence-electron chi connectivity index (χ2n) is 9.29. The summed E-state index contributed by atoms with van der Waals surface area (Å²) in [5, 5.41) is 0. The standard InChI is InChI=1S/C9H20O.C8H18O/c1-8(2,3)7-10-9(4,5)6;1-7(2,3)9-8(4,5)6/h7H2,1-6H3;1-6H3. The van der Waals surface area contributed by atoms with E-state index in [1.165, 1.54) is 0 Å². The molecule has 0 spiro atoms. The summed E-state index contributed by atoms with van der Waals surface area (Å²) in [5.41, 5.74) is 0.261. The van der Waals surface area contributed by atoms with Crippen molar-refractivity contribution < 1.29 is 9.47 Å². The second kappa shape index (κ2) is 7.08. The van der Waals surface area contributed by atoms with Gasteiger partial charge in [-0.2, -0.15) is 0 Å². The van der Waals surface area contributed by atoms with Gasteiger partial charge in [-0.05, 0) is 67.7 Å². The van der Waals surface area contributed by atoms with Gasteiger partial charge in [-0.1, -0.05) is 20.8 Å². The fourth-order valence-corrected chi connectivity index (χ4v) is 1.35. The van der Waals surface area contributed by atoms with E-state index in [-0.39, 0.29) is 22.2 Å². The van der Waals surface area contributed by atoms with Crippen molar-refractivity contribution in [1.82, 2.24) is 0 Å². The molecule has 0 saturated heterocycles. The van der Waals surface area contributed by atoms with Crippen molar-refractivity contribution in [1.29, 1.82) is 0 Å². The van der Waals surface area contributed by atoms with E-state index in [1.54, 1.807) is 0 Å². The highest BCUT2D eigenvalue weighted by Crippen LogP contribution is 2.18. The van der Waals surface area contributed by atoms with Crippen LogP contribution in [-0.4, -0.2) is 23.4 Å². The van der Waals surface area contributed by atoms with E-state index in [0.29, 0.717) is 0 Å². The first-order valence-electron chi connectivity index (χ1n) is 7.25. The second-order valence-corrected chi connectivity index (χ2v) is 9.29. The Hall–Kier alpha value is -0.0800. The van der Waals surface area contributed by atoms with Crippen LogP contribution in [0, 0.1) is 5.41 Å². The lowest BCUT2D eigenvalue weighted by atomic mass is 9.98. The molecule has 0 rings (SSSR count). The molecule has 0 aliphatic carbocycles. The Morgan fingerprint density at radius 2 is 0.842 bits per heavy atom. The van der Waals surface area contributed by atoms with E-state index < -0.39 is 0 Å². The Morgan fingerprint density at radius 3 is 0.895 bits per heavy atom.